The molecule has 0 aliphatic carbocycles. The number of nitrogens with zero attached hydrogens (tertiary/aromatic N) is 1. The molecule has 0 spiro atoms. The number of aliphatic hydroxyl groups excluding tert-OH is 1. The van der Waals surface area contributed by atoms with Crippen molar-refractivity contribution in [1.29, 1.82) is 0 Å². The van der Waals surface area contributed by atoms with Gasteiger partial charge < -0.3 is 10.0 Å². The van der Waals surface area contributed by atoms with Crippen LogP contribution in [0.2, 0.25) is 0 Å². The Labute approximate surface area is 73.4 Å². The van der Waals surface area contributed by atoms with Crippen LogP contribution in [0.5, 0.6) is 0 Å². The van der Waals surface area contributed by atoms with Gasteiger partial charge in [0, 0.05) is 13.0 Å². The van der Waals surface area contributed by atoms with Gasteiger partial charge >= 0.3 is 0 Å². The standard InChI is InChI=1S/C9H17NO2/c1-2-5-8(11)10-7-4-3-6-9(10)12/h9,12H,2-7H2,1H3. The Morgan fingerprint density at radius 3 is 2.92 bits per heavy atom. The first-order valence-electron chi connectivity index (χ1n) is 4.73. The van der Waals surface area contributed by atoms with Gasteiger partial charge in [0.1, 0.15) is 6.23 Å². The third-order valence-electron chi connectivity index (χ3n) is 2.26. The number of piperidine rings is 1. The molecular weight excluding hydrogens is 154 g/mol. The summed E-state index contributed by atoms with van der Waals surface area (Å²) in [5, 5.41) is 9.47. The molecular formula is C9H17NO2. The molecule has 0 aromatic carbocycles. The monoisotopic (exact) mass is 171 g/mol. The Morgan fingerprint density at radius 1 is 1.58 bits per heavy atom. The van der Waals surface area contributed by atoms with E-state index in [0.29, 0.717) is 6.42 Å². The van der Waals surface area contributed by atoms with E-state index in [1.54, 1.807) is 4.90 Å². The Hall–Kier alpha value is -0.570. The van der Waals surface area contributed by atoms with Gasteiger partial charge in [-0.3, -0.25) is 4.79 Å². The molecule has 12 heavy (non-hydrogen) atoms. The smallest absolute Gasteiger partial charge is 0.224 e. The number of aliphatic hydroxyl groups is 1. The van der Waals surface area contributed by atoms with Crippen LogP contribution >= 0.6 is 0 Å². The summed E-state index contributed by atoms with van der Waals surface area (Å²) < 4.78 is 0. The second-order valence-corrected chi connectivity index (χ2v) is 3.31. The molecule has 1 atom stereocenters. The van der Waals surface area contributed by atoms with Crippen LogP contribution < -0.4 is 0 Å². The summed E-state index contributed by atoms with van der Waals surface area (Å²) in [5.74, 6) is 0.102. The molecule has 1 fully saturated rings. The fraction of sp³-hybridized carbons (Fsp3) is 0.889. The predicted octanol–water partition coefficient (Wildman–Crippen LogP) is 1.12. The highest BCUT2D eigenvalue weighted by molar-refractivity contribution is 5.76. The Kier molecular flexibility index (Phi) is 3.53. The molecule has 70 valence electrons. The maximum atomic E-state index is 11.4. The van der Waals surface area contributed by atoms with E-state index >= 15 is 0 Å². The minimum absolute atomic E-state index is 0.102. The maximum absolute atomic E-state index is 11.4. The van der Waals surface area contributed by atoms with Crippen molar-refractivity contribution in [2.75, 3.05) is 6.54 Å². The van der Waals surface area contributed by atoms with E-state index in [9.17, 15) is 9.90 Å². The highest BCUT2D eigenvalue weighted by Gasteiger charge is 2.23. The van der Waals surface area contributed by atoms with Crippen LogP contribution in [-0.4, -0.2) is 28.7 Å². The van der Waals surface area contributed by atoms with E-state index in [1.807, 2.05) is 6.92 Å². The molecule has 0 radical (unpaired) electrons. The second kappa shape index (κ2) is 4.45. The lowest BCUT2D eigenvalue weighted by Crippen LogP contribution is -2.43. The molecule has 1 unspecified atom stereocenters. The maximum Gasteiger partial charge on any atom is 0.224 e. The lowest BCUT2D eigenvalue weighted by molar-refractivity contribution is -0.144. The van der Waals surface area contributed by atoms with E-state index in [0.717, 1.165) is 32.2 Å². The zero-order valence-electron chi connectivity index (χ0n) is 7.62. The van der Waals surface area contributed by atoms with Crippen molar-refractivity contribution in [3.8, 4) is 0 Å². The van der Waals surface area contributed by atoms with E-state index in [-0.39, 0.29) is 5.91 Å². The van der Waals surface area contributed by atoms with Crippen molar-refractivity contribution in [3.05, 3.63) is 0 Å². The van der Waals surface area contributed by atoms with Crippen molar-refractivity contribution in [2.45, 2.75) is 45.3 Å². The number of amides is 1. The molecule has 1 aliphatic heterocycles. The number of rotatable bonds is 2. The van der Waals surface area contributed by atoms with E-state index in [1.165, 1.54) is 0 Å². The van der Waals surface area contributed by atoms with Crippen LogP contribution in [0.25, 0.3) is 0 Å². The fourth-order valence-electron chi connectivity index (χ4n) is 1.56. The molecule has 1 N–H and O–H groups in total. The van der Waals surface area contributed by atoms with Gasteiger partial charge in [-0.2, -0.15) is 0 Å². The largest absolute Gasteiger partial charge is 0.374 e. The minimum Gasteiger partial charge on any atom is -0.374 e. The van der Waals surface area contributed by atoms with Crippen molar-refractivity contribution in [3.63, 3.8) is 0 Å². The number of hydrogen-bond acceptors (Lipinski definition) is 2. The fourth-order valence-corrected chi connectivity index (χ4v) is 1.56. The van der Waals surface area contributed by atoms with Gasteiger partial charge in [0.25, 0.3) is 0 Å². The number of carbonyl (C=O) groups excluding carboxylic acids is 1. The first kappa shape index (κ1) is 9.52. The molecule has 0 saturated carbocycles. The lowest BCUT2D eigenvalue weighted by atomic mass is 10.1. The van der Waals surface area contributed by atoms with E-state index < -0.39 is 6.23 Å². The predicted molar refractivity (Wildman–Crippen MR) is 46.5 cm³/mol. The van der Waals surface area contributed by atoms with Crippen LogP contribution in [0.4, 0.5) is 0 Å². The van der Waals surface area contributed by atoms with Crippen molar-refractivity contribution < 1.29 is 9.90 Å². The first-order chi connectivity index (χ1) is 5.75. The molecule has 0 aromatic heterocycles. The summed E-state index contributed by atoms with van der Waals surface area (Å²) >= 11 is 0. The first-order valence-corrected chi connectivity index (χ1v) is 4.73. The van der Waals surface area contributed by atoms with Gasteiger partial charge in [0.05, 0.1) is 0 Å². The van der Waals surface area contributed by atoms with Gasteiger partial charge in [-0.1, -0.05) is 6.92 Å². The summed E-state index contributed by atoms with van der Waals surface area (Å²) in [7, 11) is 0. The van der Waals surface area contributed by atoms with Crippen molar-refractivity contribution in [2.24, 2.45) is 0 Å². The van der Waals surface area contributed by atoms with Crippen LogP contribution in [0, 0.1) is 0 Å². The number of carbonyl (C=O) groups is 1. The molecule has 0 aromatic rings. The third-order valence-corrected chi connectivity index (χ3v) is 2.26. The summed E-state index contributed by atoms with van der Waals surface area (Å²) in [6.07, 6.45) is 3.73. The molecule has 1 amide bonds. The Balaban J connectivity index is 2.42. The van der Waals surface area contributed by atoms with Gasteiger partial charge in [-0.25, -0.2) is 0 Å². The molecule has 3 heteroatoms. The quantitative estimate of drug-likeness (QED) is 0.676. The zero-order chi connectivity index (χ0) is 8.97. The van der Waals surface area contributed by atoms with E-state index in [2.05, 4.69) is 0 Å². The highest BCUT2D eigenvalue weighted by Crippen LogP contribution is 2.15. The van der Waals surface area contributed by atoms with Crippen LogP contribution in [0.3, 0.4) is 0 Å². The van der Waals surface area contributed by atoms with E-state index in [4.69, 9.17) is 0 Å². The Bertz CT molecular complexity index is 159. The van der Waals surface area contributed by atoms with Gasteiger partial charge in [0.2, 0.25) is 5.91 Å². The Morgan fingerprint density at radius 2 is 2.33 bits per heavy atom. The van der Waals surface area contributed by atoms with Crippen LogP contribution in [-0.2, 0) is 4.79 Å². The van der Waals surface area contributed by atoms with Gasteiger partial charge in [-0.05, 0) is 25.7 Å². The summed E-state index contributed by atoms with van der Waals surface area (Å²) in [4.78, 5) is 13.0. The van der Waals surface area contributed by atoms with Crippen molar-refractivity contribution in [1.82, 2.24) is 4.90 Å². The average Bonchev–Trinajstić information content (AvgIpc) is 2.05. The van der Waals surface area contributed by atoms with Gasteiger partial charge in [-0.15, -0.1) is 0 Å². The highest BCUT2D eigenvalue weighted by atomic mass is 16.3. The molecule has 1 aliphatic rings. The van der Waals surface area contributed by atoms with Gasteiger partial charge in [0.15, 0.2) is 0 Å². The van der Waals surface area contributed by atoms with Crippen LogP contribution in [0.15, 0.2) is 0 Å². The SMILES string of the molecule is CCCC(=O)N1CCCCC1O. The molecule has 1 rings (SSSR count). The minimum atomic E-state index is -0.516. The third kappa shape index (κ3) is 2.21. The molecule has 1 heterocycles. The number of likely N-dealkylation sites (tertiary alicyclic amines) is 1. The molecule has 3 nitrogen and oxygen atoms in total. The lowest BCUT2D eigenvalue weighted by Gasteiger charge is -2.32. The summed E-state index contributed by atoms with van der Waals surface area (Å²) in [6.45, 7) is 2.72. The average molecular weight is 171 g/mol. The molecule has 1 saturated heterocycles. The zero-order valence-corrected chi connectivity index (χ0v) is 7.62. The summed E-state index contributed by atoms with van der Waals surface area (Å²) in [5.41, 5.74) is 0. The number of hydrogen-bond donors (Lipinski definition) is 1. The summed E-state index contributed by atoms with van der Waals surface area (Å²) in [6, 6.07) is 0. The topological polar surface area (TPSA) is 40.5 Å². The normalized spacial score (nSPS) is 24.2. The second-order valence-electron chi connectivity index (χ2n) is 3.31. The molecule has 0 bridgehead atoms. The van der Waals surface area contributed by atoms with Crippen LogP contribution in [0.1, 0.15) is 39.0 Å². The van der Waals surface area contributed by atoms with Crippen molar-refractivity contribution >= 4 is 5.91 Å².